The number of halogens is 4. The third kappa shape index (κ3) is 3.01. The molecular weight excluding hydrogens is 453 g/mol. The highest BCUT2D eigenvalue weighted by atomic mass is 79.9. The molecule has 2 aromatic rings. The summed E-state index contributed by atoms with van der Waals surface area (Å²) < 4.78 is 15.7. The highest BCUT2D eigenvalue weighted by molar-refractivity contribution is 9.13. The van der Waals surface area contributed by atoms with Gasteiger partial charge in [0.2, 0.25) is 0 Å². The zero-order chi connectivity index (χ0) is 13.3. The quantitative estimate of drug-likeness (QED) is 0.640. The Balaban J connectivity index is 2.27. The molecule has 0 saturated carbocycles. The van der Waals surface area contributed by atoms with Crippen LogP contribution in [0.25, 0.3) is 0 Å². The second kappa shape index (κ2) is 5.81. The molecule has 1 aromatic carbocycles. The van der Waals surface area contributed by atoms with Gasteiger partial charge in [-0.05, 0) is 66.0 Å². The maximum atomic E-state index is 13.6. The normalized spacial score (nSPS) is 10.4. The van der Waals surface area contributed by atoms with Crippen LogP contribution in [0.4, 0.5) is 10.1 Å². The summed E-state index contributed by atoms with van der Waals surface area (Å²) >= 11 is 11.1. The molecule has 0 spiro atoms. The number of anilines is 1. The molecule has 0 unspecified atom stereocenters. The number of thiophene rings is 1. The SMILES string of the molecule is O=C(Nc1c(F)cccc1Br)c1cc(Br)c(Br)s1. The van der Waals surface area contributed by atoms with E-state index in [1.54, 1.807) is 18.2 Å². The first-order chi connectivity index (χ1) is 8.49. The molecule has 0 aliphatic rings. The molecule has 0 atom stereocenters. The van der Waals surface area contributed by atoms with Crippen LogP contribution in [0.1, 0.15) is 9.67 Å². The molecule has 1 heterocycles. The Morgan fingerprint density at radius 2 is 1.94 bits per heavy atom. The first kappa shape index (κ1) is 14.2. The van der Waals surface area contributed by atoms with Gasteiger partial charge in [-0.1, -0.05) is 6.07 Å². The van der Waals surface area contributed by atoms with Crippen LogP contribution >= 0.6 is 59.1 Å². The van der Waals surface area contributed by atoms with Gasteiger partial charge in [-0.15, -0.1) is 11.3 Å². The maximum Gasteiger partial charge on any atom is 0.265 e. The molecule has 2 rings (SSSR count). The lowest BCUT2D eigenvalue weighted by molar-refractivity contribution is 0.103. The summed E-state index contributed by atoms with van der Waals surface area (Å²) in [6.07, 6.45) is 0. The molecule has 0 bridgehead atoms. The first-order valence-corrected chi connectivity index (χ1v) is 7.89. The number of carbonyl (C=O) groups is 1. The van der Waals surface area contributed by atoms with Crippen molar-refractivity contribution in [1.82, 2.24) is 0 Å². The number of nitrogens with one attached hydrogen (secondary N) is 1. The fraction of sp³-hybridized carbons (Fsp3) is 0. The van der Waals surface area contributed by atoms with Crippen molar-refractivity contribution in [1.29, 1.82) is 0 Å². The summed E-state index contributed by atoms with van der Waals surface area (Å²) in [6, 6.07) is 6.20. The molecule has 1 N–H and O–H groups in total. The van der Waals surface area contributed by atoms with Crippen molar-refractivity contribution in [2.75, 3.05) is 5.32 Å². The molecule has 0 saturated heterocycles. The standard InChI is InChI=1S/C11H5Br3FNOS/c12-5-2-1-3-7(15)9(5)16-11(17)8-4-6(13)10(14)18-8/h1-4H,(H,16,17). The molecule has 94 valence electrons. The Labute approximate surface area is 132 Å². The second-order valence-electron chi connectivity index (χ2n) is 3.28. The van der Waals surface area contributed by atoms with Crippen LogP contribution in [0.3, 0.4) is 0 Å². The Kier molecular flexibility index (Phi) is 4.58. The topological polar surface area (TPSA) is 29.1 Å². The van der Waals surface area contributed by atoms with Gasteiger partial charge in [0.1, 0.15) is 5.82 Å². The lowest BCUT2D eigenvalue weighted by atomic mass is 10.3. The Bertz CT molecular complexity index is 575. The summed E-state index contributed by atoms with van der Waals surface area (Å²) in [5, 5.41) is 2.54. The average molecular weight is 458 g/mol. The summed E-state index contributed by atoms with van der Waals surface area (Å²) in [6.45, 7) is 0. The largest absolute Gasteiger partial charge is 0.318 e. The van der Waals surface area contributed by atoms with Crippen LogP contribution in [0.15, 0.2) is 37.0 Å². The molecule has 7 heteroatoms. The number of amides is 1. The third-order valence-corrected chi connectivity index (χ3v) is 5.99. The minimum absolute atomic E-state index is 0.142. The van der Waals surface area contributed by atoms with Crippen molar-refractivity contribution < 1.29 is 9.18 Å². The van der Waals surface area contributed by atoms with Crippen molar-refractivity contribution in [3.63, 3.8) is 0 Å². The van der Waals surface area contributed by atoms with Gasteiger partial charge in [0.25, 0.3) is 5.91 Å². The van der Waals surface area contributed by atoms with Crippen LogP contribution in [0.2, 0.25) is 0 Å². The number of carbonyl (C=O) groups excluding carboxylic acids is 1. The first-order valence-electron chi connectivity index (χ1n) is 4.69. The number of para-hydroxylation sites is 1. The molecule has 0 fully saturated rings. The van der Waals surface area contributed by atoms with E-state index < -0.39 is 5.82 Å². The zero-order valence-corrected chi connectivity index (χ0v) is 14.2. The number of benzene rings is 1. The monoisotopic (exact) mass is 455 g/mol. The van der Waals surface area contributed by atoms with Gasteiger partial charge in [0.05, 0.1) is 14.4 Å². The lowest BCUT2D eigenvalue weighted by Gasteiger charge is -2.06. The van der Waals surface area contributed by atoms with Crippen molar-refractivity contribution >= 4 is 70.7 Å². The number of rotatable bonds is 2. The highest BCUT2D eigenvalue weighted by Crippen LogP contribution is 2.33. The lowest BCUT2D eigenvalue weighted by Crippen LogP contribution is -2.11. The minimum atomic E-state index is -0.479. The molecule has 18 heavy (non-hydrogen) atoms. The van der Waals surface area contributed by atoms with Crippen molar-refractivity contribution in [2.45, 2.75) is 0 Å². The predicted octanol–water partition coefficient (Wildman–Crippen LogP) is 5.43. The van der Waals surface area contributed by atoms with Crippen molar-refractivity contribution in [2.24, 2.45) is 0 Å². The van der Waals surface area contributed by atoms with E-state index >= 15 is 0 Å². The second-order valence-corrected chi connectivity index (χ2v) is 7.36. The molecule has 0 aliphatic carbocycles. The molecule has 0 aliphatic heterocycles. The van der Waals surface area contributed by atoms with Crippen LogP contribution in [0, 0.1) is 5.82 Å². The van der Waals surface area contributed by atoms with Gasteiger partial charge >= 0.3 is 0 Å². The van der Waals surface area contributed by atoms with Gasteiger partial charge in [-0.25, -0.2) is 4.39 Å². The predicted molar refractivity (Wildman–Crippen MR) is 81.8 cm³/mol. The van der Waals surface area contributed by atoms with Gasteiger partial charge in [-0.3, -0.25) is 4.79 Å². The maximum absolute atomic E-state index is 13.6. The molecular formula is C11H5Br3FNOS. The fourth-order valence-corrected chi connectivity index (χ4v) is 3.62. The van der Waals surface area contributed by atoms with E-state index in [0.717, 1.165) is 8.26 Å². The van der Waals surface area contributed by atoms with Gasteiger partial charge in [0, 0.05) is 8.95 Å². The zero-order valence-electron chi connectivity index (χ0n) is 8.64. The van der Waals surface area contributed by atoms with Gasteiger partial charge in [0.15, 0.2) is 0 Å². The number of hydrogen-bond donors (Lipinski definition) is 1. The Morgan fingerprint density at radius 1 is 1.22 bits per heavy atom. The van der Waals surface area contributed by atoms with E-state index in [1.165, 1.54) is 17.4 Å². The smallest absolute Gasteiger partial charge is 0.265 e. The highest BCUT2D eigenvalue weighted by Gasteiger charge is 2.15. The van der Waals surface area contributed by atoms with E-state index in [1.807, 2.05) is 0 Å². The Morgan fingerprint density at radius 3 is 2.50 bits per heavy atom. The van der Waals surface area contributed by atoms with Gasteiger partial charge < -0.3 is 5.32 Å². The summed E-state index contributed by atoms with van der Waals surface area (Å²) in [5.41, 5.74) is 0.142. The Hall–Kier alpha value is -0.240. The van der Waals surface area contributed by atoms with E-state index in [9.17, 15) is 9.18 Å². The fourth-order valence-electron chi connectivity index (χ4n) is 1.25. The van der Waals surface area contributed by atoms with E-state index in [4.69, 9.17) is 0 Å². The summed E-state index contributed by atoms with van der Waals surface area (Å²) in [5.74, 6) is -0.829. The van der Waals surface area contributed by atoms with Crippen molar-refractivity contribution in [3.8, 4) is 0 Å². The number of hydrogen-bond acceptors (Lipinski definition) is 2. The molecule has 1 amide bonds. The van der Waals surface area contributed by atoms with Crippen LogP contribution < -0.4 is 5.32 Å². The van der Waals surface area contributed by atoms with E-state index in [0.29, 0.717) is 9.35 Å². The molecule has 0 radical (unpaired) electrons. The van der Waals surface area contributed by atoms with E-state index in [2.05, 4.69) is 53.1 Å². The average Bonchev–Trinajstić information content (AvgIpc) is 2.64. The van der Waals surface area contributed by atoms with Crippen LogP contribution in [-0.2, 0) is 0 Å². The summed E-state index contributed by atoms with van der Waals surface area (Å²) in [7, 11) is 0. The van der Waals surface area contributed by atoms with Crippen molar-refractivity contribution in [3.05, 3.63) is 47.7 Å². The van der Waals surface area contributed by atoms with Crippen LogP contribution in [-0.4, -0.2) is 5.91 Å². The van der Waals surface area contributed by atoms with Gasteiger partial charge in [-0.2, -0.15) is 0 Å². The molecule has 2 nitrogen and oxygen atoms in total. The van der Waals surface area contributed by atoms with E-state index in [-0.39, 0.29) is 11.6 Å². The van der Waals surface area contributed by atoms with Crippen LogP contribution in [0.5, 0.6) is 0 Å². The molecule has 1 aromatic heterocycles. The minimum Gasteiger partial charge on any atom is -0.318 e. The summed E-state index contributed by atoms with van der Waals surface area (Å²) in [4.78, 5) is 12.4. The third-order valence-electron chi connectivity index (χ3n) is 2.07.